The molecule has 0 aliphatic carbocycles. The largest absolute Gasteiger partial charge is 0.573 e. The van der Waals surface area contributed by atoms with Gasteiger partial charge in [0.25, 0.3) is 0 Å². The molecule has 1 aliphatic rings. The number of rotatable bonds is 5. The van der Waals surface area contributed by atoms with Gasteiger partial charge >= 0.3 is 6.36 Å². The second kappa shape index (κ2) is 9.02. The van der Waals surface area contributed by atoms with Gasteiger partial charge in [-0.05, 0) is 54.8 Å². The quantitative estimate of drug-likeness (QED) is 0.378. The molecule has 0 atom stereocenters. The first-order valence-electron chi connectivity index (χ1n) is 10.7. The van der Waals surface area contributed by atoms with Crippen LogP contribution >= 0.6 is 11.6 Å². The lowest BCUT2D eigenvalue weighted by Gasteiger charge is -2.33. The van der Waals surface area contributed by atoms with Crippen LogP contribution in [0.4, 0.5) is 24.8 Å². The van der Waals surface area contributed by atoms with Crippen LogP contribution in [0.1, 0.15) is 12.8 Å². The van der Waals surface area contributed by atoms with E-state index in [-0.39, 0.29) is 11.8 Å². The van der Waals surface area contributed by atoms with E-state index < -0.39 is 6.36 Å². The highest BCUT2D eigenvalue weighted by molar-refractivity contribution is 6.29. The Morgan fingerprint density at radius 1 is 1.06 bits per heavy atom. The van der Waals surface area contributed by atoms with Crippen molar-refractivity contribution in [3.05, 3.63) is 66.1 Å². The third-order valence-electron chi connectivity index (χ3n) is 5.66. The Hall–Kier alpha value is -3.53. The Morgan fingerprint density at radius 2 is 1.82 bits per heavy atom. The Balaban J connectivity index is 1.28. The van der Waals surface area contributed by atoms with Crippen molar-refractivity contribution in [3.8, 4) is 16.9 Å². The van der Waals surface area contributed by atoms with Gasteiger partial charge in [-0.25, -0.2) is 9.50 Å². The normalized spacial score (nSPS) is 15.0. The molecule has 1 saturated heterocycles. The summed E-state index contributed by atoms with van der Waals surface area (Å²) in [6, 6.07) is 13.4. The number of halogens is 4. The van der Waals surface area contributed by atoms with Crippen molar-refractivity contribution in [3.63, 3.8) is 0 Å². The molecular formula is C23H20ClF3N6O. The summed E-state index contributed by atoms with van der Waals surface area (Å²) in [5.41, 5.74) is 3.13. The van der Waals surface area contributed by atoms with Crippen molar-refractivity contribution < 1.29 is 17.9 Å². The molecule has 4 heterocycles. The van der Waals surface area contributed by atoms with Crippen molar-refractivity contribution in [2.24, 2.45) is 0 Å². The highest BCUT2D eigenvalue weighted by atomic mass is 35.5. The monoisotopic (exact) mass is 488 g/mol. The molecule has 0 spiro atoms. The molecule has 1 fully saturated rings. The van der Waals surface area contributed by atoms with E-state index in [0.717, 1.165) is 37.2 Å². The summed E-state index contributed by atoms with van der Waals surface area (Å²) in [5, 5.41) is 8.42. The Morgan fingerprint density at radius 3 is 2.53 bits per heavy atom. The van der Waals surface area contributed by atoms with Crippen molar-refractivity contribution in [2.75, 3.05) is 23.3 Å². The number of alkyl halides is 3. The molecule has 11 heteroatoms. The zero-order valence-electron chi connectivity index (χ0n) is 17.8. The Labute approximate surface area is 198 Å². The van der Waals surface area contributed by atoms with Crippen LogP contribution in [0.5, 0.6) is 5.75 Å². The number of nitrogens with zero attached hydrogens (tertiary/aromatic N) is 5. The summed E-state index contributed by atoms with van der Waals surface area (Å²) in [5.74, 6) is 0.238. The number of hydrogen-bond donors (Lipinski definition) is 1. The van der Waals surface area contributed by atoms with Crippen LogP contribution in [0.25, 0.3) is 16.8 Å². The van der Waals surface area contributed by atoms with Gasteiger partial charge in [-0.3, -0.25) is 0 Å². The predicted molar refractivity (Wildman–Crippen MR) is 123 cm³/mol. The molecule has 1 N–H and O–H groups in total. The van der Waals surface area contributed by atoms with Crippen molar-refractivity contribution >= 4 is 28.9 Å². The Bertz CT molecular complexity index is 1290. The van der Waals surface area contributed by atoms with Crippen LogP contribution in [0.15, 0.2) is 60.9 Å². The minimum atomic E-state index is -4.73. The molecule has 1 aromatic carbocycles. The number of benzene rings is 1. The van der Waals surface area contributed by atoms with E-state index in [1.807, 2.05) is 24.3 Å². The standard InChI is InChI=1S/C23H20ClF3N6O/c24-20-14-17(7-10-28-20)32-12-8-16(9-13-32)29-22-30-21-19(2-1-11-33(21)31-22)15-3-5-18(6-4-15)34-23(25,26)27/h1-7,10-11,14,16H,8-9,12-13H2,(H,29,31). The maximum absolute atomic E-state index is 12.4. The Kier molecular flexibility index (Phi) is 5.91. The minimum absolute atomic E-state index is 0.216. The van der Waals surface area contributed by atoms with Crippen LogP contribution < -0.4 is 15.0 Å². The van der Waals surface area contributed by atoms with E-state index in [1.165, 1.54) is 12.1 Å². The third-order valence-corrected chi connectivity index (χ3v) is 5.87. The molecule has 0 saturated carbocycles. The molecule has 4 aromatic rings. The van der Waals surface area contributed by atoms with Crippen LogP contribution in [-0.2, 0) is 0 Å². The summed E-state index contributed by atoms with van der Waals surface area (Å²) in [6.45, 7) is 1.73. The van der Waals surface area contributed by atoms with Crippen molar-refractivity contribution in [1.29, 1.82) is 0 Å². The van der Waals surface area contributed by atoms with E-state index >= 15 is 0 Å². The molecule has 34 heavy (non-hydrogen) atoms. The van der Waals surface area contributed by atoms with Crippen molar-refractivity contribution in [2.45, 2.75) is 25.2 Å². The van der Waals surface area contributed by atoms with Gasteiger partial charge < -0.3 is 15.0 Å². The second-order valence-corrected chi connectivity index (χ2v) is 8.33. The highest BCUT2D eigenvalue weighted by Crippen LogP contribution is 2.29. The highest BCUT2D eigenvalue weighted by Gasteiger charge is 2.31. The van der Waals surface area contributed by atoms with Gasteiger partial charge in [0.2, 0.25) is 5.95 Å². The third kappa shape index (κ3) is 5.01. The van der Waals surface area contributed by atoms with Gasteiger partial charge in [-0.15, -0.1) is 18.3 Å². The number of pyridine rings is 2. The summed E-state index contributed by atoms with van der Waals surface area (Å²) < 4.78 is 42.9. The molecule has 0 amide bonds. The number of nitrogens with one attached hydrogen (secondary N) is 1. The van der Waals surface area contributed by atoms with Crippen LogP contribution in [0.3, 0.4) is 0 Å². The number of ether oxygens (including phenoxy) is 1. The average Bonchev–Trinajstić information content (AvgIpc) is 3.22. The van der Waals surface area contributed by atoms with Gasteiger partial charge in [0.15, 0.2) is 5.65 Å². The van der Waals surface area contributed by atoms with Crippen LogP contribution in [0, 0.1) is 0 Å². The molecule has 3 aromatic heterocycles. The topological polar surface area (TPSA) is 67.6 Å². The van der Waals surface area contributed by atoms with Gasteiger partial charge in [0, 0.05) is 42.8 Å². The van der Waals surface area contributed by atoms with Gasteiger partial charge in [-0.1, -0.05) is 23.7 Å². The zero-order chi connectivity index (χ0) is 23.7. The molecule has 0 radical (unpaired) electrons. The number of fused-ring (bicyclic) bond motifs is 1. The summed E-state index contributed by atoms with van der Waals surface area (Å²) >= 11 is 6.01. The van der Waals surface area contributed by atoms with Gasteiger partial charge in [-0.2, -0.15) is 4.98 Å². The first-order valence-corrected chi connectivity index (χ1v) is 11.1. The number of hydrogen-bond acceptors (Lipinski definition) is 6. The van der Waals surface area contributed by atoms with E-state index in [9.17, 15) is 13.2 Å². The minimum Gasteiger partial charge on any atom is -0.406 e. The number of anilines is 2. The summed E-state index contributed by atoms with van der Waals surface area (Å²) in [6.07, 6.45) is 0.577. The average molecular weight is 489 g/mol. The van der Waals surface area contributed by atoms with E-state index in [1.54, 1.807) is 29.0 Å². The van der Waals surface area contributed by atoms with Crippen molar-refractivity contribution in [1.82, 2.24) is 19.6 Å². The lowest BCUT2D eigenvalue weighted by Crippen LogP contribution is -2.39. The summed E-state index contributed by atoms with van der Waals surface area (Å²) in [7, 11) is 0. The lowest BCUT2D eigenvalue weighted by atomic mass is 10.0. The van der Waals surface area contributed by atoms with Gasteiger partial charge in [0.05, 0.1) is 0 Å². The fraction of sp³-hybridized carbons (Fsp3) is 0.261. The van der Waals surface area contributed by atoms with Crippen LogP contribution in [0.2, 0.25) is 5.15 Å². The maximum Gasteiger partial charge on any atom is 0.573 e. The number of aromatic nitrogens is 4. The molecule has 1 aliphatic heterocycles. The maximum atomic E-state index is 12.4. The van der Waals surface area contributed by atoms with E-state index in [2.05, 4.69) is 30.0 Å². The van der Waals surface area contributed by atoms with E-state index in [0.29, 0.717) is 22.3 Å². The smallest absolute Gasteiger partial charge is 0.406 e. The zero-order valence-corrected chi connectivity index (χ0v) is 18.6. The lowest BCUT2D eigenvalue weighted by molar-refractivity contribution is -0.274. The molecule has 0 bridgehead atoms. The SMILES string of the molecule is FC(F)(F)Oc1ccc(-c2cccn3nc(NC4CCN(c5ccnc(Cl)c5)CC4)nc23)cc1. The molecule has 7 nitrogen and oxygen atoms in total. The first-order chi connectivity index (χ1) is 16.3. The van der Waals surface area contributed by atoms with Crippen LogP contribution in [-0.4, -0.2) is 45.1 Å². The number of piperidine rings is 1. The molecular weight excluding hydrogens is 469 g/mol. The first kappa shape index (κ1) is 22.3. The van der Waals surface area contributed by atoms with Gasteiger partial charge in [0.1, 0.15) is 10.9 Å². The van der Waals surface area contributed by atoms with E-state index in [4.69, 9.17) is 11.6 Å². The molecule has 176 valence electrons. The predicted octanol–water partition coefficient (Wildman–Crippen LogP) is 5.42. The molecule has 0 unspecified atom stereocenters. The summed E-state index contributed by atoms with van der Waals surface area (Å²) in [4.78, 5) is 10.9. The fourth-order valence-electron chi connectivity index (χ4n) is 4.08. The fourth-order valence-corrected chi connectivity index (χ4v) is 4.25. The second-order valence-electron chi connectivity index (χ2n) is 7.94. The molecule has 5 rings (SSSR count).